The van der Waals surface area contributed by atoms with Crippen LogP contribution in [-0.4, -0.2) is 60.1 Å². The largest absolute Gasteiger partial charge is 0.359 e. The van der Waals surface area contributed by atoms with E-state index in [0.717, 1.165) is 44.3 Å². The molecule has 0 spiro atoms. The van der Waals surface area contributed by atoms with Gasteiger partial charge < -0.3 is 20.1 Å². The predicted molar refractivity (Wildman–Crippen MR) is 101 cm³/mol. The fraction of sp³-hybridized carbons (Fsp3) is 0.778. The van der Waals surface area contributed by atoms with E-state index in [-0.39, 0.29) is 11.8 Å². The first kappa shape index (κ1) is 20.2. The van der Waals surface area contributed by atoms with Crippen molar-refractivity contribution in [3.05, 3.63) is 11.7 Å². The van der Waals surface area contributed by atoms with Crippen molar-refractivity contribution >= 4 is 11.9 Å². The lowest BCUT2D eigenvalue weighted by atomic mass is 9.93. The van der Waals surface area contributed by atoms with Crippen LogP contribution < -0.4 is 10.6 Å². The van der Waals surface area contributed by atoms with Crippen LogP contribution in [0, 0.1) is 5.92 Å². The van der Waals surface area contributed by atoms with Crippen LogP contribution in [0.2, 0.25) is 0 Å². The molecular formula is C18H32N6O2. The highest BCUT2D eigenvalue weighted by molar-refractivity contribution is 5.80. The van der Waals surface area contributed by atoms with Crippen LogP contribution in [0.3, 0.4) is 0 Å². The lowest BCUT2D eigenvalue weighted by Gasteiger charge is -2.34. The van der Waals surface area contributed by atoms with E-state index in [0.29, 0.717) is 31.2 Å². The molecule has 0 aromatic carbocycles. The normalized spacial score (nSPS) is 16.2. The Morgan fingerprint density at radius 3 is 2.69 bits per heavy atom. The Balaban J connectivity index is 1.85. The van der Waals surface area contributed by atoms with Gasteiger partial charge >= 0.3 is 0 Å². The molecule has 2 N–H and O–H groups in total. The predicted octanol–water partition coefficient (Wildman–Crippen LogP) is 1.55. The molecular weight excluding hydrogens is 332 g/mol. The molecule has 0 bridgehead atoms. The number of aromatic nitrogens is 2. The van der Waals surface area contributed by atoms with E-state index in [1.54, 1.807) is 7.05 Å². The van der Waals surface area contributed by atoms with Gasteiger partial charge in [0.2, 0.25) is 11.8 Å². The zero-order valence-electron chi connectivity index (χ0n) is 16.4. The number of guanidine groups is 1. The minimum atomic E-state index is 0.129. The molecule has 1 aliphatic heterocycles. The smallest absolute Gasteiger partial charge is 0.228 e. The minimum absolute atomic E-state index is 0.129. The van der Waals surface area contributed by atoms with Crippen molar-refractivity contribution in [1.82, 2.24) is 25.7 Å². The van der Waals surface area contributed by atoms with Crippen molar-refractivity contribution in [1.29, 1.82) is 0 Å². The Labute approximate surface area is 155 Å². The summed E-state index contributed by atoms with van der Waals surface area (Å²) in [6.45, 7) is 9.45. The minimum Gasteiger partial charge on any atom is -0.359 e. The third-order valence-electron chi connectivity index (χ3n) is 4.59. The molecule has 8 heteroatoms. The van der Waals surface area contributed by atoms with Gasteiger partial charge in [0.05, 0.1) is 6.54 Å². The van der Waals surface area contributed by atoms with Crippen molar-refractivity contribution < 1.29 is 9.32 Å². The van der Waals surface area contributed by atoms with Crippen molar-refractivity contribution in [2.45, 2.75) is 52.4 Å². The van der Waals surface area contributed by atoms with Gasteiger partial charge in [-0.1, -0.05) is 19.0 Å². The van der Waals surface area contributed by atoms with Crippen LogP contribution in [-0.2, 0) is 11.2 Å². The SMILES string of the molecule is CCNC(=NCCc1nc(C(C)C)no1)N1CCC(CC(=O)NC)CC1. The lowest BCUT2D eigenvalue weighted by molar-refractivity contribution is -0.121. The number of nitrogens with one attached hydrogen (secondary N) is 2. The topological polar surface area (TPSA) is 95.7 Å². The molecule has 0 atom stereocenters. The maximum Gasteiger partial charge on any atom is 0.228 e. The first-order valence-corrected chi connectivity index (χ1v) is 9.59. The van der Waals surface area contributed by atoms with Crippen LogP contribution in [0.1, 0.15) is 57.7 Å². The standard InChI is InChI=1S/C18H32N6O2/c1-5-20-18(21-9-6-16-22-17(13(2)3)23-26-16)24-10-7-14(8-11-24)12-15(25)19-4/h13-14H,5-12H2,1-4H3,(H,19,25)(H,20,21). The van der Waals surface area contributed by atoms with Crippen molar-refractivity contribution in [2.24, 2.45) is 10.9 Å². The number of rotatable bonds is 7. The van der Waals surface area contributed by atoms with Crippen LogP contribution >= 0.6 is 0 Å². The Morgan fingerprint density at radius 2 is 2.12 bits per heavy atom. The number of hydrogen-bond donors (Lipinski definition) is 2. The third kappa shape index (κ3) is 6.00. The molecule has 1 aromatic heterocycles. The van der Waals surface area contributed by atoms with Crippen molar-refractivity contribution in [2.75, 3.05) is 33.2 Å². The van der Waals surface area contributed by atoms with Crippen LogP contribution in [0.15, 0.2) is 9.52 Å². The summed E-state index contributed by atoms with van der Waals surface area (Å²) in [5, 5.41) is 10.1. The van der Waals surface area contributed by atoms with E-state index in [4.69, 9.17) is 9.52 Å². The third-order valence-corrected chi connectivity index (χ3v) is 4.59. The van der Waals surface area contributed by atoms with Gasteiger partial charge in [-0.25, -0.2) is 0 Å². The molecule has 26 heavy (non-hydrogen) atoms. The Bertz CT molecular complexity index is 590. The number of carbonyl (C=O) groups is 1. The van der Waals surface area contributed by atoms with E-state index in [1.807, 2.05) is 13.8 Å². The monoisotopic (exact) mass is 364 g/mol. The molecule has 1 fully saturated rings. The van der Waals surface area contributed by atoms with Gasteiger partial charge in [0.15, 0.2) is 11.8 Å². The second kappa shape index (κ2) is 10.1. The number of amides is 1. The molecule has 1 aromatic rings. The van der Waals surface area contributed by atoms with E-state index < -0.39 is 0 Å². The summed E-state index contributed by atoms with van der Waals surface area (Å²) in [5.74, 6) is 3.16. The number of hydrogen-bond acceptors (Lipinski definition) is 5. The molecule has 146 valence electrons. The Morgan fingerprint density at radius 1 is 1.38 bits per heavy atom. The molecule has 0 radical (unpaired) electrons. The molecule has 2 rings (SSSR count). The maximum atomic E-state index is 11.5. The first-order valence-electron chi connectivity index (χ1n) is 9.59. The summed E-state index contributed by atoms with van der Waals surface area (Å²) in [6, 6.07) is 0. The number of piperidine rings is 1. The van der Waals surface area contributed by atoms with Crippen molar-refractivity contribution in [3.63, 3.8) is 0 Å². The number of likely N-dealkylation sites (tertiary alicyclic amines) is 1. The molecule has 2 heterocycles. The van der Waals surface area contributed by atoms with Crippen LogP contribution in [0.25, 0.3) is 0 Å². The summed E-state index contributed by atoms with van der Waals surface area (Å²) >= 11 is 0. The highest BCUT2D eigenvalue weighted by Gasteiger charge is 2.23. The highest BCUT2D eigenvalue weighted by atomic mass is 16.5. The quantitative estimate of drug-likeness (QED) is 0.563. The van der Waals surface area contributed by atoms with Gasteiger partial charge in [-0.3, -0.25) is 9.79 Å². The summed E-state index contributed by atoms with van der Waals surface area (Å²) in [4.78, 5) is 22.9. The summed E-state index contributed by atoms with van der Waals surface area (Å²) in [7, 11) is 1.70. The fourth-order valence-electron chi connectivity index (χ4n) is 3.00. The van der Waals surface area contributed by atoms with Crippen LogP contribution in [0.4, 0.5) is 0 Å². The van der Waals surface area contributed by atoms with Gasteiger partial charge in [-0.15, -0.1) is 0 Å². The van der Waals surface area contributed by atoms with E-state index >= 15 is 0 Å². The molecule has 1 saturated heterocycles. The molecule has 0 saturated carbocycles. The van der Waals surface area contributed by atoms with Gasteiger partial charge in [0.1, 0.15) is 0 Å². The Kier molecular flexibility index (Phi) is 7.87. The number of aliphatic imine (C=N–C) groups is 1. The second-order valence-electron chi connectivity index (χ2n) is 6.99. The molecule has 1 aliphatic rings. The molecule has 1 amide bonds. The van der Waals surface area contributed by atoms with Gasteiger partial charge in [0.25, 0.3) is 0 Å². The first-order chi connectivity index (χ1) is 12.5. The van der Waals surface area contributed by atoms with E-state index in [9.17, 15) is 4.79 Å². The average Bonchev–Trinajstić information content (AvgIpc) is 3.11. The number of nitrogens with zero attached hydrogens (tertiary/aromatic N) is 4. The van der Waals surface area contributed by atoms with E-state index in [2.05, 4.69) is 32.6 Å². The summed E-state index contributed by atoms with van der Waals surface area (Å²) < 4.78 is 5.27. The zero-order valence-corrected chi connectivity index (χ0v) is 16.4. The average molecular weight is 364 g/mol. The summed E-state index contributed by atoms with van der Waals surface area (Å²) in [5.41, 5.74) is 0. The molecule has 0 unspecified atom stereocenters. The molecule has 8 nitrogen and oxygen atoms in total. The number of carbonyl (C=O) groups excluding carboxylic acids is 1. The van der Waals surface area contributed by atoms with E-state index in [1.165, 1.54) is 0 Å². The van der Waals surface area contributed by atoms with Gasteiger partial charge in [0, 0.05) is 45.4 Å². The summed E-state index contributed by atoms with van der Waals surface area (Å²) in [6.07, 6.45) is 3.29. The van der Waals surface area contributed by atoms with Crippen molar-refractivity contribution in [3.8, 4) is 0 Å². The van der Waals surface area contributed by atoms with Crippen LogP contribution in [0.5, 0.6) is 0 Å². The molecule has 0 aliphatic carbocycles. The highest BCUT2D eigenvalue weighted by Crippen LogP contribution is 2.20. The lowest BCUT2D eigenvalue weighted by Crippen LogP contribution is -2.46. The zero-order chi connectivity index (χ0) is 18.9. The fourth-order valence-corrected chi connectivity index (χ4v) is 3.00. The maximum absolute atomic E-state index is 11.5. The Hall–Kier alpha value is -2.12. The van der Waals surface area contributed by atoms with Gasteiger partial charge in [-0.2, -0.15) is 4.98 Å². The second-order valence-corrected chi connectivity index (χ2v) is 6.99. The van der Waals surface area contributed by atoms with Gasteiger partial charge in [-0.05, 0) is 25.7 Å².